The average Bonchev–Trinajstić information content (AvgIpc) is 3.37. The molecule has 0 radical (unpaired) electrons. The number of hydrogen-bond donors (Lipinski definition) is 2. The Bertz CT molecular complexity index is 1040. The van der Waals surface area contributed by atoms with Gasteiger partial charge < -0.3 is 19.7 Å². The summed E-state index contributed by atoms with van der Waals surface area (Å²) in [5.41, 5.74) is 4.10. The highest BCUT2D eigenvalue weighted by Gasteiger charge is 2.44. The van der Waals surface area contributed by atoms with Crippen LogP contribution in [0.1, 0.15) is 61.8 Å². The van der Waals surface area contributed by atoms with E-state index in [0.29, 0.717) is 26.2 Å². The molecule has 1 aliphatic carbocycles. The third-order valence-electron chi connectivity index (χ3n) is 6.84. The van der Waals surface area contributed by atoms with Gasteiger partial charge in [0.1, 0.15) is 6.10 Å². The molecule has 1 aromatic carbocycles. The van der Waals surface area contributed by atoms with Gasteiger partial charge in [0.15, 0.2) is 0 Å². The van der Waals surface area contributed by atoms with Gasteiger partial charge in [-0.2, -0.15) is 0 Å². The lowest BCUT2D eigenvalue weighted by Crippen LogP contribution is -2.54. The molecule has 34 heavy (non-hydrogen) atoms. The van der Waals surface area contributed by atoms with Gasteiger partial charge in [-0.25, -0.2) is 8.78 Å². The summed E-state index contributed by atoms with van der Waals surface area (Å²) >= 11 is 0. The summed E-state index contributed by atoms with van der Waals surface area (Å²) in [7, 11) is 0. The molecule has 2 aliphatic rings. The quantitative estimate of drug-likeness (QED) is 0.651. The lowest BCUT2D eigenvalue weighted by Gasteiger charge is -2.41. The van der Waals surface area contributed by atoms with Crippen molar-refractivity contribution in [1.82, 2.24) is 20.0 Å². The molecule has 1 saturated carbocycles. The highest BCUT2D eigenvalue weighted by atomic mass is 19.3. The second-order valence-corrected chi connectivity index (χ2v) is 9.75. The van der Waals surface area contributed by atoms with Gasteiger partial charge in [-0.3, -0.25) is 9.69 Å². The highest BCUT2D eigenvalue weighted by molar-refractivity contribution is 5.79. The van der Waals surface area contributed by atoms with Crippen LogP contribution in [0.3, 0.4) is 0 Å². The smallest absolute Gasteiger partial charge is 0.320 e. The molecular weight excluding hydrogens is 444 g/mol. The van der Waals surface area contributed by atoms with E-state index >= 15 is 0 Å². The van der Waals surface area contributed by atoms with E-state index in [0.717, 1.165) is 22.4 Å². The summed E-state index contributed by atoms with van der Waals surface area (Å²) in [6, 6.07) is 4.32. The predicted octanol–water partition coefficient (Wildman–Crippen LogP) is 3.95. The zero-order valence-electron chi connectivity index (χ0n) is 20.1. The number of rotatable bonds is 6. The van der Waals surface area contributed by atoms with E-state index in [1.165, 1.54) is 0 Å². The Balaban J connectivity index is 1.40. The Morgan fingerprint density at radius 2 is 2.09 bits per heavy atom. The topological polar surface area (TPSA) is 94.7 Å². The number of aryl methyl sites for hydroxylation is 1. The summed E-state index contributed by atoms with van der Waals surface area (Å²) in [6.45, 7) is 10.2. The maximum absolute atomic E-state index is 13.6. The van der Waals surface area contributed by atoms with Crippen LogP contribution in [0.15, 0.2) is 16.5 Å². The number of halogens is 2. The van der Waals surface area contributed by atoms with Crippen molar-refractivity contribution in [3.8, 4) is 0 Å². The van der Waals surface area contributed by atoms with Crippen LogP contribution in [0, 0.1) is 19.8 Å². The van der Waals surface area contributed by atoms with Crippen molar-refractivity contribution in [2.45, 2.75) is 71.6 Å². The minimum absolute atomic E-state index is 0.0320. The van der Waals surface area contributed by atoms with Crippen molar-refractivity contribution in [1.29, 1.82) is 0 Å². The van der Waals surface area contributed by atoms with Crippen LogP contribution in [-0.4, -0.2) is 62.6 Å². The van der Waals surface area contributed by atoms with E-state index in [-0.39, 0.29) is 43.1 Å². The first kappa shape index (κ1) is 24.5. The minimum atomic E-state index is -2.71. The number of carbonyl (C=O) groups is 1. The number of carbonyl (C=O) groups excluding carboxylic acids is 1. The van der Waals surface area contributed by atoms with Gasteiger partial charge in [-0.15, -0.1) is 5.10 Å². The number of alkyl halides is 2. The van der Waals surface area contributed by atoms with E-state index < -0.39 is 17.9 Å². The molecule has 2 aromatic rings. The molecule has 1 amide bonds. The molecular formula is C24H33F2N5O3. The van der Waals surface area contributed by atoms with Crippen molar-refractivity contribution in [3.63, 3.8) is 0 Å². The Morgan fingerprint density at radius 3 is 2.71 bits per heavy atom. The number of aromatic nitrogens is 2. The molecule has 186 valence electrons. The van der Waals surface area contributed by atoms with Gasteiger partial charge in [0, 0.05) is 56.7 Å². The number of hydrogen-bond acceptors (Lipinski definition) is 7. The Kier molecular flexibility index (Phi) is 6.91. The summed E-state index contributed by atoms with van der Waals surface area (Å²) in [5, 5.41) is 20.5. The molecule has 2 heterocycles. The first-order valence-corrected chi connectivity index (χ1v) is 11.8. The van der Waals surface area contributed by atoms with E-state index in [9.17, 15) is 18.7 Å². The fourth-order valence-corrected chi connectivity index (χ4v) is 4.94. The average molecular weight is 478 g/mol. The molecule has 1 saturated heterocycles. The number of aliphatic hydroxyl groups is 1. The molecule has 8 nitrogen and oxygen atoms in total. The SMILES string of the molecule is Cc1cc(CN2CCN(C(=O)C3CCC(F)(F)C3)[C@@H](C)C2)c(C)c(Nc2nnc(C(C)O)o2)c1. The summed E-state index contributed by atoms with van der Waals surface area (Å²) < 4.78 is 32.6. The molecule has 2 fully saturated rings. The maximum Gasteiger partial charge on any atom is 0.320 e. The van der Waals surface area contributed by atoms with Crippen LogP contribution in [0.2, 0.25) is 0 Å². The molecule has 4 rings (SSSR count). The van der Waals surface area contributed by atoms with E-state index in [1.807, 2.05) is 26.8 Å². The van der Waals surface area contributed by atoms with Crippen LogP contribution in [0.4, 0.5) is 20.5 Å². The zero-order chi connectivity index (χ0) is 24.6. The maximum atomic E-state index is 13.6. The van der Waals surface area contributed by atoms with Crippen LogP contribution in [-0.2, 0) is 11.3 Å². The second-order valence-electron chi connectivity index (χ2n) is 9.75. The molecule has 10 heteroatoms. The van der Waals surface area contributed by atoms with Gasteiger partial charge in [0.2, 0.25) is 17.7 Å². The predicted molar refractivity (Wildman–Crippen MR) is 123 cm³/mol. The Morgan fingerprint density at radius 1 is 1.32 bits per heavy atom. The molecule has 0 bridgehead atoms. The first-order valence-electron chi connectivity index (χ1n) is 11.8. The number of aliphatic hydroxyl groups excluding tert-OH is 1. The Labute approximate surface area is 198 Å². The number of nitrogens with one attached hydrogen (secondary N) is 1. The normalized spacial score (nSPS) is 23.8. The van der Waals surface area contributed by atoms with Crippen molar-refractivity contribution >= 4 is 17.6 Å². The number of anilines is 2. The summed E-state index contributed by atoms with van der Waals surface area (Å²) in [6.07, 6.45) is -1.08. The van der Waals surface area contributed by atoms with Gasteiger partial charge in [0.25, 0.3) is 0 Å². The molecule has 2 unspecified atom stereocenters. The van der Waals surface area contributed by atoms with E-state index in [1.54, 1.807) is 11.8 Å². The Hall–Kier alpha value is -2.59. The van der Waals surface area contributed by atoms with Crippen molar-refractivity contribution < 1.29 is 23.1 Å². The molecule has 1 aromatic heterocycles. The number of nitrogens with zero attached hydrogens (tertiary/aromatic N) is 4. The molecule has 3 atom stereocenters. The molecule has 0 spiro atoms. The van der Waals surface area contributed by atoms with Gasteiger partial charge in [-0.05, 0) is 56.9 Å². The van der Waals surface area contributed by atoms with Crippen LogP contribution in [0.5, 0.6) is 0 Å². The summed E-state index contributed by atoms with van der Waals surface area (Å²) in [5.74, 6) is -3.25. The number of amides is 1. The standard InChI is InChI=1S/C24H33F2N5O3/c1-14-9-19(16(3)20(10-14)27-23-29-28-21(34-23)17(4)32)13-30-7-8-31(15(2)12-30)22(33)18-5-6-24(25,26)11-18/h9-10,15,17-18,32H,5-8,11-13H2,1-4H3,(H,27,29)/t15-,17?,18?/m0/s1. The second kappa shape index (κ2) is 9.58. The third-order valence-corrected chi connectivity index (χ3v) is 6.84. The van der Waals surface area contributed by atoms with Crippen LogP contribution in [0.25, 0.3) is 0 Å². The highest BCUT2D eigenvalue weighted by Crippen LogP contribution is 2.40. The van der Waals surface area contributed by atoms with Gasteiger partial charge in [0.05, 0.1) is 0 Å². The fraction of sp³-hybridized carbons (Fsp3) is 0.625. The van der Waals surface area contributed by atoms with Crippen molar-refractivity contribution in [3.05, 3.63) is 34.7 Å². The largest absolute Gasteiger partial charge is 0.405 e. The lowest BCUT2D eigenvalue weighted by molar-refractivity contribution is -0.141. The lowest BCUT2D eigenvalue weighted by atomic mass is 10.0. The number of benzene rings is 1. The molecule has 1 aliphatic heterocycles. The van der Waals surface area contributed by atoms with Crippen LogP contribution < -0.4 is 5.32 Å². The monoisotopic (exact) mass is 477 g/mol. The third kappa shape index (κ3) is 5.38. The van der Waals surface area contributed by atoms with E-state index in [4.69, 9.17) is 4.42 Å². The van der Waals surface area contributed by atoms with Crippen molar-refractivity contribution in [2.24, 2.45) is 5.92 Å². The first-order chi connectivity index (χ1) is 16.0. The zero-order valence-corrected chi connectivity index (χ0v) is 20.1. The fourth-order valence-electron chi connectivity index (χ4n) is 4.94. The van der Waals surface area contributed by atoms with Gasteiger partial charge in [-0.1, -0.05) is 11.2 Å². The van der Waals surface area contributed by atoms with Crippen LogP contribution >= 0.6 is 0 Å². The minimum Gasteiger partial charge on any atom is -0.405 e. The summed E-state index contributed by atoms with van der Waals surface area (Å²) in [4.78, 5) is 16.9. The van der Waals surface area contributed by atoms with E-state index in [2.05, 4.69) is 26.5 Å². The van der Waals surface area contributed by atoms with Gasteiger partial charge >= 0.3 is 6.01 Å². The number of piperazine rings is 1. The van der Waals surface area contributed by atoms with Crippen molar-refractivity contribution in [2.75, 3.05) is 25.0 Å². The molecule has 2 N–H and O–H groups in total.